The van der Waals surface area contributed by atoms with Gasteiger partial charge in [-0.3, -0.25) is 0 Å². The summed E-state index contributed by atoms with van der Waals surface area (Å²) in [5.41, 5.74) is 3.99. The van der Waals surface area contributed by atoms with E-state index >= 15 is 0 Å². The van der Waals surface area contributed by atoms with Crippen LogP contribution in [0.2, 0.25) is 0 Å². The van der Waals surface area contributed by atoms with Gasteiger partial charge in [-0.1, -0.05) is 0 Å². The molecule has 0 unspecified atom stereocenters. The van der Waals surface area contributed by atoms with Gasteiger partial charge in [0.2, 0.25) is 0 Å². The van der Waals surface area contributed by atoms with Crippen molar-refractivity contribution in [3.63, 3.8) is 0 Å². The molecule has 1 N–H and O–H groups in total. The molecule has 0 radical (unpaired) electrons. The van der Waals surface area contributed by atoms with Crippen LogP contribution in [0, 0.1) is 3.57 Å². The van der Waals surface area contributed by atoms with Gasteiger partial charge in [0.05, 0.1) is 11.4 Å². The molecule has 0 amide bonds. The molecule has 1 aromatic heterocycles. The highest BCUT2D eigenvalue weighted by Crippen LogP contribution is 2.36. The van der Waals surface area contributed by atoms with Crippen LogP contribution in [0.3, 0.4) is 0 Å². The maximum absolute atomic E-state index is 5.12. The van der Waals surface area contributed by atoms with Crippen molar-refractivity contribution in [2.24, 2.45) is 0 Å². The number of benzene rings is 1. The zero-order valence-electron chi connectivity index (χ0n) is 14.3. The molecule has 0 bridgehead atoms. The Hall–Kier alpha value is -1.08. The quantitative estimate of drug-likeness (QED) is 0.722. The molecule has 0 atom stereocenters. The number of halogens is 1. The van der Waals surface area contributed by atoms with Crippen LogP contribution in [0.5, 0.6) is 0 Å². The van der Waals surface area contributed by atoms with E-state index in [1.54, 1.807) is 0 Å². The summed E-state index contributed by atoms with van der Waals surface area (Å²) in [4.78, 5) is 2.43. The Balaban J connectivity index is 1.75. The minimum absolute atomic E-state index is 0.611. The summed E-state index contributed by atoms with van der Waals surface area (Å²) in [5.74, 6) is 1.85. The molecule has 5 heteroatoms. The van der Waals surface area contributed by atoms with E-state index < -0.39 is 0 Å². The fraction of sp³-hybridized carbons (Fsp3) is 0.526. The Kier molecular flexibility index (Phi) is 4.81. The van der Waals surface area contributed by atoms with Crippen molar-refractivity contribution in [2.75, 3.05) is 32.0 Å². The van der Waals surface area contributed by atoms with Crippen molar-refractivity contribution < 1.29 is 0 Å². The van der Waals surface area contributed by atoms with Gasteiger partial charge in [0.1, 0.15) is 5.82 Å². The van der Waals surface area contributed by atoms with Gasteiger partial charge in [0.25, 0.3) is 0 Å². The molecule has 0 aliphatic carbocycles. The van der Waals surface area contributed by atoms with Gasteiger partial charge in [-0.2, -0.15) is 5.10 Å². The van der Waals surface area contributed by atoms with Crippen LogP contribution in [0.25, 0.3) is 5.69 Å². The second-order valence-electron chi connectivity index (χ2n) is 7.06. The van der Waals surface area contributed by atoms with E-state index in [-0.39, 0.29) is 0 Å². The second-order valence-corrected chi connectivity index (χ2v) is 8.31. The Morgan fingerprint density at radius 3 is 2.62 bits per heavy atom. The van der Waals surface area contributed by atoms with Gasteiger partial charge < -0.3 is 10.2 Å². The minimum atomic E-state index is 0.611. The number of hydrogen-bond acceptors (Lipinski definition) is 3. The molecule has 1 saturated heterocycles. The van der Waals surface area contributed by atoms with E-state index in [0.717, 1.165) is 13.0 Å². The predicted octanol–water partition coefficient (Wildman–Crippen LogP) is 4.03. The Morgan fingerprint density at radius 2 is 1.88 bits per heavy atom. The summed E-state index contributed by atoms with van der Waals surface area (Å²) in [5, 5.41) is 8.78. The Labute approximate surface area is 157 Å². The van der Waals surface area contributed by atoms with Crippen LogP contribution >= 0.6 is 22.6 Å². The number of fused-ring (bicyclic) bond motifs is 1. The molecule has 1 aromatic carbocycles. The molecule has 0 spiro atoms. The molecule has 4 rings (SSSR count). The zero-order valence-corrected chi connectivity index (χ0v) is 16.4. The molecule has 2 aliphatic heterocycles. The van der Waals surface area contributed by atoms with Crippen molar-refractivity contribution in [1.82, 2.24) is 14.7 Å². The maximum Gasteiger partial charge on any atom is 0.133 e. The summed E-state index contributed by atoms with van der Waals surface area (Å²) in [6, 6.07) is 8.69. The molecule has 24 heavy (non-hydrogen) atoms. The monoisotopic (exact) mass is 436 g/mol. The van der Waals surface area contributed by atoms with E-state index in [9.17, 15) is 0 Å². The third-order valence-electron chi connectivity index (χ3n) is 5.34. The lowest BCUT2D eigenvalue weighted by atomic mass is 9.90. The number of anilines is 1. The molecule has 4 nitrogen and oxygen atoms in total. The summed E-state index contributed by atoms with van der Waals surface area (Å²) in [6.07, 6.45) is 6.12. The zero-order chi connectivity index (χ0) is 16.5. The van der Waals surface area contributed by atoms with Crippen LogP contribution in [0.1, 0.15) is 42.9 Å². The molecule has 1 fully saturated rings. The molecule has 2 aliphatic rings. The van der Waals surface area contributed by atoms with E-state index in [1.807, 2.05) is 0 Å². The fourth-order valence-corrected chi connectivity index (χ4v) is 4.27. The topological polar surface area (TPSA) is 33.1 Å². The molecule has 2 aromatic rings. The number of aromatic nitrogens is 2. The van der Waals surface area contributed by atoms with Crippen molar-refractivity contribution in [2.45, 2.75) is 38.0 Å². The SMILES string of the molecule is CN1CCC(c2nn(-c3ccc(I)cc3)c3c2CCCCN3)CC1. The predicted molar refractivity (Wildman–Crippen MR) is 107 cm³/mol. The number of nitrogens with zero attached hydrogens (tertiary/aromatic N) is 3. The van der Waals surface area contributed by atoms with Gasteiger partial charge in [0, 0.05) is 21.6 Å². The molecule has 0 saturated carbocycles. The van der Waals surface area contributed by atoms with Crippen LogP contribution < -0.4 is 5.32 Å². The Bertz CT molecular complexity index is 699. The lowest BCUT2D eigenvalue weighted by molar-refractivity contribution is 0.252. The van der Waals surface area contributed by atoms with Crippen LogP contribution in [0.15, 0.2) is 24.3 Å². The second kappa shape index (κ2) is 7.04. The van der Waals surface area contributed by atoms with Gasteiger partial charge in [-0.15, -0.1) is 0 Å². The minimum Gasteiger partial charge on any atom is -0.370 e. The summed E-state index contributed by atoms with van der Waals surface area (Å²) < 4.78 is 3.42. The van der Waals surface area contributed by atoms with Gasteiger partial charge in [-0.05, 0) is 99.1 Å². The van der Waals surface area contributed by atoms with E-state index in [1.165, 1.54) is 65.1 Å². The van der Waals surface area contributed by atoms with Gasteiger partial charge in [-0.25, -0.2) is 4.68 Å². The normalized spacial score (nSPS) is 19.6. The van der Waals surface area contributed by atoms with Gasteiger partial charge in [0.15, 0.2) is 0 Å². The number of rotatable bonds is 2. The van der Waals surface area contributed by atoms with Crippen LogP contribution in [-0.2, 0) is 6.42 Å². The summed E-state index contributed by atoms with van der Waals surface area (Å²) in [7, 11) is 2.22. The third kappa shape index (κ3) is 3.20. The molecular weight excluding hydrogens is 411 g/mol. The van der Waals surface area contributed by atoms with Crippen molar-refractivity contribution in [1.29, 1.82) is 0 Å². The number of likely N-dealkylation sites (tertiary alicyclic amines) is 1. The number of piperidine rings is 1. The average Bonchev–Trinajstić information content (AvgIpc) is 2.78. The van der Waals surface area contributed by atoms with Gasteiger partial charge >= 0.3 is 0 Å². The summed E-state index contributed by atoms with van der Waals surface area (Å²) >= 11 is 2.36. The lowest BCUT2D eigenvalue weighted by Crippen LogP contribution is -2.29. The third-order valence-corrected chi connectivity index (χ3v) is 6.06. The lowest BCUT2D eigenvalue weighted by Gasteiger charge is -2.28. The first-order valence-electron chi connectivity index (χ1n) is 9.02. The average molecular weight is 436 g/mol. The summed E-state index contributed by atoms with van der Waals surface area (Å²) in [6.45, 7) is 3.42. The van der Waals surface area contributed by atoms with E-state index in [4.69, 9.17) is 5.10 Å². The van der Waals surface area contributed by atoms with Crippen LogP contribution in [0.4, 0.5) is 5.82 Å². The first-order chi connectivity index (χ1) is 11.7. The van der Waals surface area contributed by atoms with E-state index in [0.29, 0.717) is 5.92 Å². The highest BCUT2D eigenvalue weighted by atomic mass is 127. The molecular formula is C19H25IN4. The van der Waals surface area contributed by atoms with Crippen molar-refractivity contribution in [3.8, 4) is 5.69 Å². The van der Waals surface area contributed by atoms with Crippen molar-refractivity contribution >= 4 is 28.4 Å². The fourth-order valence-electron chi connectivity index (χ4n) is 3.91. The largest absolute Gasteiger partial charge is 0.370 e. The smallest absolute Gasteiger partial charge is 0.133 e. The highest BCUT2D eigenvalue weighted by molar-refractivity contribution is 14.1. The molecule has 3 heterocycles. The number of hydrogen-bond donors (Lipinski definition) is 1. The Morgan fingerprint density at radius 1 is 1.12 bits per heavy atom. The van der Waals surface area contributed by atoms with Crippen molar-refractivity contribution in [3.05, 3.63) is 39.1 Å². The maximum atomic E-state index is 5.12. The molecule has 128 valence electrons. The van der Waals surface area contributed by atoms with E-state index in [2.05, 4.69) is 68.8 Å². The first kappa shape index (κ1) is 16.4. The highest BCUT2D eigenvalue weighted by Gasteiger charge is 2.28. The van der Waals surface area contributed by atoms with Crippen LogP contribution in [-0.4, -0.2) is 41.4 Å². The number of nitrogens with one attached hydrogen (secondary N) is 1. The standard InChI is InChI=1S/C19H25IN4/c1-23-12-9-14(10-13-23)18-17-4-2-3-11-21-19(17)24(22-18)16-7-5-15(20)6-8-16/h5-8,14,21H,2-4,9-13H2,1H3. The first-order valence-corrected chi connectivity index (χ1v) is 10.1.